The molecule has 0 fully saturated rings. The standard InChI is InChI=1S/C11H22F3NO/c1-2-6-10(15)7-4-3-5-8-16-9-11(12,13)14/h10H,2-9,15H2,1H3. The van der Waals surface area contributed by atoms with Gasteiger partial charge in [-0.1, -0.05) is 26.2 Å². The lowest BCUT2D eigenvalue weighted by atomic mass is 10.1. The van der Waals surface area contributed by atoms with Crippen LogP contribution in [0.1, 0.15) is 45.4 Å². The summed E-state index contributed by atoms with van der Waals surface area (Å²) in [5.41, 5.74) is 5.80. The van der Waals surface area contributed by atoms with Crippen molar-refractivity contribution in [3.05, 3.63) is 0 Å². The molecule has 0 aliphatic heterocycles. The smallest absolute Gasteiger partial charge is 0.372 e. The second-order valence-corrected chi connectivity index (χ2v) is 4.07. The first-order valence-electron chi connectivity index (χ1n) is 5.85. The number of hydrogen-bond acceptors (Lipinski definition) is 2. The number of nitrogens with two attached hydrogens (primary N) is 1. The van der Waals surface area contributed by atoms with Crippen LogP contribution in [0.3, 0.4) is 0 Å². The topological polar surface area (TPSA) is 35.2 Å². The molecule has 0 rings (SSSR count). The Bertz CT molecular complexity index is 162. The highest BCUT2D eigenvalue weighted by Crippen LogP contribution is 2.14. The largest absolute Gasteiger partial charge is 0.411 e. The van der Waals surface area contributed by atoms with E-state index in [-0.39, 0.29) is 12.6 Å². The quantitative estimate of drug-likeness (QED) is 0.629. The van der Waals surface area contributed by atoms with E-state index in [2.05, 4.69) is 11.7 Å². The van der Waals surface area contributed by atoms with Gasteiger partial charge >= 0.3 is 6.18 Å². The van der Waals surface area contributed by atoms with E-state index in [4.69, 9.17) is 5.73 Å². The average molecular weight is 241 g/mol. The van der Waals surface area contributed by atoms with Gasteiger partial charge in [0.15, 0.2) is 0 Å². The SMILES string of the molecule is CCCC(N)CCCCCOCC(F)(F)F. The zero-order valence-electron chi connectivity index (χ0n) is 9.85. The van der Waals surface area contributed by atoms with E-state index < -0.39 is 12.8 Å². The minimum Gasteiger partial charge on any atom is -0.372 e. The van der Waals surface area contributed by atoms with Crippen molar-refractivity contribution in [2.75, 3.05) is 13.2 Å². The molecule has 0 aromatic rings. The Morgan fingerprint density at radius 3 is 2.38 bits per heavy atom. The van der Waals surface area contributed by atoms with Crippen LogP contribution in [0, 0.1) is 0 Å². The Morgan fingerprint density at radius 1 is 1.12 bits per heavy atom. The molecular weight excluding hydrogens is 219 g/mol. The summed E-state index contributed by atoms with van der Waals surface area (Å²) in [5, 5.41) is 0. The first-order chi connectivity index (χ1) is 7.45. The molecule has 1 unspecified atom stereocenters. The fourth-order valence-corrected chi connectivity index (χ4v) is 1.49. The Morgan fingerprint density at radius 2 is 1.81 bits per heavy atom. The van der Waals surface area contributed by atoms with Crippen LogP contribution in [0.5, 0.6) is 0 Å². The fraction of sp³-hybridized carbons (Fsp3) is 1.00. The first-order valence-corrected chi connectivity index (χ1v) is 5.85. The van der Waals surface area contributed by atoms with E-state index in [0.717, 1.165) is 32.1 Å². The van der Waals surface area contributed by atoms with Gasteiger partial charge in [0, 0.05) is 12.6 Å². The maximum atomic E-state index is 11.7. The Kier molecular flexibility index (Phi) is 8.66. The predicted molar refractivity (Wildman–Crippen MR) is 58.2 cm³/mol. The van der Waals surface area contributed by atoms with E-state index in [9.17, 15) is 13.2 Å². The van der Waals surface area contributed by atoms with Crippen LogP contribution < -0.4 is 5.73 Å². The van der Waals surface area contributed by atoms with Gasteiger partial charge in [0.05, 0.1) is 0 Å². The molecule has 0 heterocycles. The zero-order valence-corrected chi connectivity index (χ0v) is 9.85. The van der Waals surface area contributed by atoms with Gasteiger partial charge in [-0.2, -0.15) is 13.2 Å². The van der Waals surface area contributed by atoms with E-state index in [0.29, 0.717) is 6.42 Å². The summed E-state index contributed by atoms with van der Waals surface area (Å²) in [7, 11) is 0. The molecule has 1 atom stereocenters. The lowest BCUT2D eigenvalue weighted by Crippen LogP contribution is -2.19. The molecule has 0 spiro atoms. The molecule has 0 aromatic carbocycles. The number of rotatable bonds is 9. The molecule has 0 radical (unpaired) electrons. The molecule has 0 saturated heterocycles. The summed E-state index contributed by atoms with van der Waals surface area (Å²) in [6, 6.07) is 0.237. The summed E-state index contributed by atoms with van der Waals surface area (Å²) in [5.74, 6) is 0. The van der Waals surface area contributed by atoms with Gasteiger partial charge in [0.1, 0.15) is 6.61 Å². The molecule has 0 aromatic heterocycles. The van der Waals surface area contributed by atoms with Crippen LogP contribution in [-0.2, 0) is 4.74 Å². The minimum absolute atomic E-state index is 0.183. The highest BCUT2D eigenvalue weighted by molar-refractivity contribution is 4.60. The molecular formula is C11H22F3NO. The number of hydrogen-bond donors (Lipinski definition) is 1. The second kappa shape index (κ2) is 8.82. The lowest BCUT2D eigenvalue weighted by molar-refractivity contribution is -0.174. The van der Waals surface area contributed by atoms with Gasteiger partial charge in [-0.15, -0.1) is 0 Å². The summed E-state index contributed by atoms with van der Waals surface area (Å²) in [6.07, 6.45) is 1.37. The van der Waals surface area contributed by atoms with Crippen LogP contribution >= 0.6 is 0 Å². The third-order valence-electron chi connectivity index (χ3n) is 2.29. The van der Waals surface area contributed by atoms with Crippen LogP contribution in [0.15, 0.2) is 0 Å². The molecule has 5 heteroatoms. The lowest BCUT2D eigenvalue weighted by Gasteiger charge is -2.10. The van der Waals surface area contributed by atoms with Gasteiger partial charge in [0.2, 0.25) is 0 Å². The zero-order chi connectivity index (χ0) is 12.4. The summed E-state index contributed by atoms with van der Waals surface area (Å²) in [4.78, 5) is 0. The number of halogens is 3. The van der Waals surface area contributed by atoms with Crippen LogP contribution in [0.2, 0.25) is 0 Å². The number of ether oxygens (including phenoxy) is 1. The monoisotopic (exact) mass is 241 g/mol. The summed E-state index contributed by atoms with van der Waals surface area (Å²) >= 11 is 0. The van der Waals surface area contributed by atoms with Crippen molar-refractivity contribution in [1.29, 1.82) is 0 Å². The van der Waals surface area contributed by atoms with Gasteiger partial charge in [-0.05, 0) is 19.3 Å². The second-order valence-electron chi connectivity index (χ2n) is 4.07. The highest BCUT2D eigenvalue weighted by Gasteiger charge is 2.27. The van der Waals surface area contributed by atoms with Gasteiger partial charge in [-0.25, -0.2) is 0 Å². The third kappa shape index (κ3) is 11.8. The van der Waals surface area contributed by atoms with Gasteiger partial charge in [-0.3, -0.25) is 0 Å². The maximum Gasteiger partial charge on any atom is 0.411 e. The molecule has 2 N–H and O–H groups in total. The maximum absolute atomic E-state index is 11.7. The molecule has 98 valence electrons. The Hall–Kier alpha value is -0.290. The predicted octanol–water partition coefficient (Wildman–Crippen LogP) is 3.25. The van der Waals surface area contributed by atoms with Crippen molar-refractivity contribution < 1.29 is 17.9 Å². The molecule has 0 aliphatic rings. The van der Waals surface area contributed by atoms with Crippen LogP contribution in [-0.4, -0.2) is 25.4 Å². The van der Waals surface area contributed by atoms with Crippen molar-refractivity contribution in [2.24, 2.45) is 5.73 Å². The van der Waals surface area contributed by atoms with Gasteiger partial charge < -0.3 is 10.5 Å². The highest BCUT2D eigenvalue weighted by atomic mass is 19.4. The van der Waals surface area contributed by atoms with E-state index in [1.54, 1.807) is 0 Å². The Balaban J connectivity index is 3.16. The van der Waals surface area contributed by atoms with Crippen molar-refractivity contribution in [2.45, 2.75) is 57.7 Å². The average Bonchev–Trinajstić information content (AvgIpc) is 2.15. The van der Waals surface area contributed by atoms with Gasteiger partial charge in [0.25, 0.3) is 0 Å². The number of alkyl halides is 3. The molecule has 2 nitrogen and oxygen atoms in total. The normalized spacial score (nSPS) is 14.1. The molecule has 0 aliphatic carbocycles. The van der Waals surface area contributed by atoms with Crippen molar-refractivity contribution >= 4 is 0 Å². The van der Waals surface area contributed by atoms with E-state index in [1.807, 2.05) is 0 Å². The van der Waals surface area contributed by atoms with Crippen molar-refractivity contribution in [3.8, 4) is 0 Å². The third-order valence-corrected chi connectivity index (χ3v) is 2.29. The first kappa shape index (κ1) is 15.7. The van der Waals surface area contributed by atoms with Crippen molar-refractivity contribution in [1.82, 2.24) is 0 Å². The van der Waals surface area contributed by atoms with E-state index >= 15 is 0 Å². The summed E-state index contributed by atoms with van der Waals surface area (Å²) in [6.45, 7) is 1.13. The van der Waals surface area contributed by atoms with E-state index in [1.165, 1.54) is 0 Å². The molecule has 16 heavy (non-hydrogen) atoms. The minimum atomic E-state index is -4.20. The fourth-order valence-electron chi connectivity index (χ4n) is 1.49. The molecule has 0 bridgehead atoms. The summed E-state index contributed by atoms with van der Waals surface area (Å²) < 4.78 is 39.5. The number of unbranched alkanes of at least 4 members (excludes halogenated alkanes) is 2. The van der Waals surface area contributed by atoms with Crippen molar-refractivity contribution in [3.63, 3.8) is 0 Å². The van der Waals surface area contributed by atoms with Crippen LogP contribution in [0.25, 0.3) is 0 Å². The molecule has 0 amide bonds. The van der Waals surface area contributed by atoms with Crippen LogP contribution in [0.4, 0.5) is 13.2 Å². The Labute approximate surface area is 95.3 Å². The molecule has 0 saturated carbocycles.